The fraction of sp³-hybridized carbons (Fsp3) is 0.500. The molecule has 0 saturated heterocycles. The third-order valence-electron chi connectivity index (χ3n) is 3.76. The first-order valence-electron chi connectivity index (χ1n) is 6.67. The lowest BCUT2D eigenvalue weighted by atomic mass is 9.88. The van der Waals surface area contributed by atoms with Crippen LogP contribution < -0.4 is 0 Å². The molecule has 1 aliphatic rings. The Hall–Kier alpha value is -0.400. The van der Waals surface area contributed by atoms with Crippen LogP contribution in [0, 0.1) is 9.39 Å². The number of halogens is 3. The van der Waals surface area contributed by atoms with Crippen LogP contribution >= 0.6 is 34.2 Å². The lowest BCUT2D eigenvalue weighted by Gasteiger charge is -2.36. The highest BCUT2D eigenvalue weighted by molar-refractivity contribution is 14.1. The highest BCUT2D eigenvalue weighted by Crippen LogP contribution is 2.38. The Kier molecular flexibility index (Phi) is 4.19. The van der Waals surface area contributed by atoms with Crippen LogP contribution in [0.3, 0.4) is 0 Å². The molecule has 0 unspecified atom stereocenters. The molecule has 1 aromatic carbocycles. The zero-order valence-corrected chi connectivity index (χ0v) is 14.0. The highest BCUT2D eigenvalue weighted by Gasteiger charge is 2.33. The van der Waals surface area contributed by atoms with Gasteiger partial charge in [0.2, 0.25) is 0 Å². The Labute approximate surface area is 135 Å². The lowest BCUT2D eigenvalue weighted by Crippen LogP contribution is -2.34. The Morgan fingerprint density at radius 2 is 2.25 bits per heavy atom. The van der Waals surface area contributed by atoms with Crippen LogP contribution in [-0.4, -0.2) is 22.3 Å². The van der Waals surface area contributed by atoms with E-state index in [0.29, 0.717) is 21.6 Å². The molecule has 0 bridgehead atoms. The van der Waals surface area contributed by atoms with Crippen molar-refractivity contribution in [1.82, 2.24) is 9.55 Å². The molecule has 1 aliphatic carbocycles. The second kappa shape index (κ2) is 5.77. The summed E-state index contributed by atoms with van der Waals surface area (Å²) in [6.07, 6.45) is 2.19. The van der Waals surface area contributed by atoms with E-state index in [2.05, 4.69) is 9.55 Å². The molecule has 0 atom stereocenters. The first-order valence-corrected chi connectivity index (χ1v) is 8.28. The molecule has 1 aromatic heterocycles. The van der Waals surface area contributed by atoms with Gasteiger partial charge in [0.05, 0.1) is 26.6 Å². The lowest BCUT2D eigenvalue weighted by molar-refractivity contribution is -0.0192. The summed E-state index contributed by atoms with van der Waals surface area (Å²) < 4.78 is 22.1. The topological polar surface area (TPSA) is 27.1 Å². The number of fused-ring (bicyclic) bond motifs is 1. The molecule has 3 nitrogen and oxygen atoms in total. The monoisotopic (exact) mass is 408 g/mol. The third kappa shape index (κ3) is 2.44. The molecule has 0 radical (unpaired) electrons. The van der Waals surface area contributed by atoms with E-state index in [1.807, 2.05) is 29.5 Å². The molecule has 108 valence electrons. The standard InChI is InChI=1S/C14H15ClFIN2O/c1-2-20-9-3-8(4-9)19-13-5-10(16)11(17)6-12(13)18-14(19)7-15/h5-6,8-9H,2-4,7H2,1H3. The van der Waals surface area contributed by atoms with Crippen molar-refractivity contribution in [2.45, 2.75) is 37.8 Å². The molecule has 0 amide bonds. The van der Waals surface area contributed by atoms with Crippen LogP contribution in [0.5, 0.6) is 0 Å². The van der Waals surface area contributed by atoms with Crippen LogP contribution in [0.1, 0.15) is 31.6 Å². The van der Waals surface area contributed by atoms with Gasteiger partial charge in [-0.2, -0.15) is 0 Å². The van der Waals surface area contributed by atoms with Gasteiger partial charge in [0.25, 0.3) is 0 Å². The van der Waals surface area contributed by atoms with Crippen LogP contribution in [-0.2, 0) is 10.6 Å². The van der Waals surface area contributed by atoms with Crippen LogP contribution in [0.2, 0.25) is 0 Å². The molecular formula is C14H15ClFIN2O. The summed E-state index contributed by atoms with van der Waals surface area (Å²) in [5.41, 5.74) is 1.64. The molecule has 1 saturated carbocycles. The SMILES string of the molecule is CCOC1CC(n2c(CCl)nc3cc(I)c(F)cc32)C1. The summed E-state index contributed by atoms with van der Waals surface area (Å²) in [4.78, 5) is 4.53. The Bertz CT molecular complexity index is 640. The van der Waals surface area contributed by atoms with E-state index < -0.39 is 0 Å². The molecule has 0 aliphatic heterocycles. The maximum atomic E-state index is 13.8. The van der Waals surface area contributed by atoms with Gasteiger partial charge in [-0.25, -0.2) is 9.37 Å². The van der Waals surface area contributed by atoms with Crippen LogP contribution in [0.4, 0.5) is 4.39 Å². The van der Waals surface area contributed by atoms with Crippen molar-refractivity contribution < 1.29 is 9.13 Å². The van der Waals surface area contributed by atoms with Gasteiger partial charge in [-0.15, -0.1) is 11.6 Å². The molecule has 20 heavy (non-hydrogen) atoms. The van der Waals surface area contributed by atoms with E-state index in [1.165, 1.54) is 0 Å². The van der Waals surface area contributed by atoms with Crippen molar-refractivity contribution in [3.05, 3.63) is 27.3 Å². The highest BCUT2D eigenvalue weighted by atomic mass is 127. The summed E-state index contributed by atoms with van der Waals surface area (Å²) in [6, 6.07) is 3.65. The van der Waals surface area contributed by atoms with E-state index in [1.54, 1.807) is 12.1 Å². The first kappa shape index (κ1) is 14.5. The maximum absolute atomic E-state index is 13.8. The van der Waals surface area contributed by atoms with E-state index in [0.717, 1.165) is 36.3 Å². The maximum Gasteiger partial charge on any atom is 0.138 e. The summed E-state index contributed by atoms with van der Waals surface area (Å²) >= 11 is 7.98. The van der Waals surface area contributed by atoms with Crippen molar-refractivity contribution >= 4 is 45.2 Å². The Morgan fingerprint density at radius 1 is 1.50 bits per heavy atom. The van der Waals surface area contributed by atoms with Crippen molar-refractivity contribution in [3.8, 4) is 0 Å². The summed E-state index contributed by atoms with van der Waals surface area (Å²) in [5.74, 6) is 0.937. The average Bonchev–Trinajstić information content (AvgIpc) is 2.71. The largest absolute Gasteiger partial charge is 0.378 e. The molecular weight excluding hydrogens is 394 g/mol. The van der Waals surface area contributed by atoms with Crippen molar-refractivity contribution in [2.24, 2.45) is 0 Å². The minimum absolute atomic E-state index is 0.207. The fourth-order valence-corrected chi connectivity index (χ4v) is 3.40. The fourth-order valence-electron chi connectivity index (χ4n) is 2.76. The molecule has 3 rings (SSSR count). The van der Waals surface area contributed by atoms with E-state index >= 15 is 0 Å². The summed E-state index contributed by atoms with van der Waals surface area (Å²) in [6.45, 7) is 2.73. The minimum atomic E-state index is -0.207. The van der Waals surface area contributed by atoms with E-state index in [-0.39, 0.29) is 5.82 Å². The molecule has 6 heteroatoms. The van der Waals surface area contributed by atoms with Crippen molar-refractivity contribution in [3.63, 3.8) is 0 Å². The molecule has 2 aromatic rings. The van der Waals surface area contributed by atoms with Gasteiger partial charge in [-0.3, -0.25) is 0 Å². The number of hydrogen-bond acceptors (Lipinski definition) is 2. The second-order valence-corrected chi connectivity index (χ2v) is 6.42. The quantitative estimate of drug-likeness (QED) is 0.558. The number of hydrogen-bond donors (Lipinski definition) is 0. The van der Waals surface area contributed by atoms with Gasteiger partial charge in [-0.05, 0) is 48.4 Å². The number of nitrogens with zero attached hydrogens (tertiary/aromatic N) is 2. The number of imidazole rings is 1. The van der Waals surface area contributed by atoms with Gasteiger partial charge in [0.1, 0.15) is 11.6 Å². The van der Waals surface area contributed by atoms with E-state index in [4.69, 9.17) is 16.3 Å². The van der Waals surface area contributed by atoms with Gasteiger partial charge in [-0.1, -0.05) is 0 Å². The Morgan fingerprint density at radius 3 is 2.90 bits per heavy atom. The number of alkyl halides is 1. The van der Waals surface area contributed by atoms with Crippen LogP contribution in [0.15, 0.2) is 12.1 Å². The van der Waals surface area contributed by atoms with Crippen molar-refractivity contribution in [1.29, 1.82) is 0 Å². The Balaban J connectivity index is 1.99. The van der Waals surface area contributed by atoms with Crippen molar-refractivity contribution in [2.75, 3.05) is 6.61 Å². The van der Waals surface area contributed by atoms with Gasteiger partial charge in [0.15, 0.2) is 0 Å². The molecule has 0 spiro atoms. The third-order valence-corrected chi connectivity index (χ3v) is 4.83. The zero-order valence-electron chi connectivity index (χ0n) is 11.1. The molecule has 1 fully saturated rings. The zero-order chi connectivity index (χ0) is 14.3. The number of benzene rings is 1. The number of aromatic nitrogens is 2. The van der Waals surface area contributed by atoms with Crippen LogP contribution in [0.25, 0.3) is 11.0 Å². The minimum Gasteiger partial charge on any atom is -0.378 e. The first-order chi connectivity index (χ1) is 9.63. The predicted octanol–water partition coefficient (Wildman–Crippen LogP) is 4.26. The predicted molar refractivity (Wildman–Crippen MR) is 85.7 cm³/mol. The second-order valence-electron chi connectivity index (χ2n) is 4.99. The molecule has 1 heterocycles. The van der Waals surface area contributed by atoms with E-state index in [9.17, 15) is 4.39 Å². The molecule has 0 N–H and O–H groups in total. The summed E-state index contributed by atoms with van der Waals surface area (Å²) in [7, 11) is 0. The van der Waals surface area contributed by atoms with Gasteiger partial charge < -0.3 is 9.30 Å². The normalized spacial score (nSPS) is 22.2. The smallest absolute Gasteiger partial charge is 0.138 e. The summed E-state index contributed by atoms with van der Waals surface area (Å²) in [5, 5.41) is 0. The average molecular weight is 409 g/mol. The van der Waals surface area contributed by atoms with Gasteiger partial charge >= 0.3 is 0 Å². The number of ether oxygens (including phenoxy) is 1. The number of rotatable bonds is 4. The van der Waals surface area contributed by atoms with Gasteiger partial charge in [0, 0.05) is 18.7 Å².